The molecule has 0 unspecified atom stereocenters. The number of ether oxygens (including phenoxy) is 3. The molecule has 0 N–H and O–H groups in total. The van der Waals surface area contributed by atoms with E-state index < -0.39 is 15.9 Å². The molecule has 248 valence electrons. The summed E-state index contributed by atoms with van der Waals surface area (Å²) in [5.41, 5.74) is 2.18. The first-order valence-corrected chi connectivity index (χ1v) is 18.9. The average Bonchev–Trinajstić information content (AvgIpc) is 3.45. The number of hydrogen-bond donors (Lipinski definition) is 0. The number of rotatable bonds is 5. The van der Waals surface area contributed by atoms with Gasteiger partial charge in [0.1, 0.15) is 6.10 Å². The minimum atomic E-state index is -3.82. The van der Waals surface area contributed by atoms with E-state index in [0.717, 1.165) is 57.1 Å². The lowest BCUT2D eigenvalue weighted by atomic mass is 9.45. The molecular formula is C37H52O7S. The van der Waals surface area contributed by atoms with Crippen LogP contribution in [0.1, 0.15) is 98.0 Å². The van der Waals surface area contributed by atoms with E-state index in [4.69, 9.17) is 18.4 Å². The van der Waals surface area contributed by atoms with E-state index in [0.29, 0.717) is 36.5 Å². The van der Waals surface area contributed by atoms with Crippen LogP contribution in [0.4, 0.5) is 0 Å². The molecule has 7 nitrogen and oxygen atoms in total. The van der Waals surface area contributed by atoms with Gasteiger partial charge >= 0.3 is 5.97 Å². The van der Waals surface area contributed by atoms with E-state index in [1.165, 1.54) is 5.57 Å². The fraction of sp³-hybridized carbons (Fsp3) is 0.757. The zero-order valence-corrected chi connectivity index (χ0v) is 28.7. The van der Waals surface area contributed by atoms with Crippen LogP contribution in [0.25, 0.3) is 0 Å². The fourth-order valence-electron chi connectivity index (χ4n) is 10.9. The van der Waals surface area contributed by atoms with Crippen molar-refractivity contribution >= 4 is 16.1 Å². The van der Waals surface area contributed by atoms with E-state index in [9.17, 15) is 13.2 Å². The smallest absolute Gasteiger partial charge is 0.305 e. The van der Waals surface area contributed by atoms with E-state index in [1.54, 1.807) is 12.1 Å². The summed E-state index contributed by atoms with van der Waals surface area (Å²) in [7, 11) is -3.82. The second kappa shape index (κ2) is 11.2. The molecule has 8 heteroatoms. The minimum Gasteiger partial charge on any atom is -0.461 e. The zero-order chi connectivity index (χ0) is 31.9. The monoisotopic (exact) mass is 640 g/mol. The van der Waals surface area contributed by atoms with Crippen molar-refractivity contribution in [3.05, 3.63) is 41.5 Å². The molecule has 1 spiro atoms. The number of benzene rings is 1. The van der Waals surface area contributed by atoms with Crippen LogP contribution in [-0.4, -0.2) is 45.1 Å². The Bertz CT molecular complexity index is 1440. The number of esters is 1. The zero-order valence-electron chi connectivity index (χ0n) is 27.9. The largest absolute Gasteiger partial charge is 0.461 e. The van der Waals surface area contributed by atoms with Crippen LogP contribution in [0.5, 0.6) is 0 Å². The molecule has 1 aromatic rings. The van der Waals surface area contributed by atoms with Crippen molar-refractivity contribution in [1.29, 1.82) is 0 Å². The second-order valence-electron chi connectivity index (χ2n) is 15.9. The van der Waals surface area contributed by atoms with E-state index in [-0.39, 0.29) is 51.8 Å². The Morgan fingerprint density at radius 3 is 2.47 bits per heavy atom. The molecule has 6 aliphatic rings. The van der Waals surface area contributed by atoms with Crippen molar-refractivity contribution in [2.75, 3.05) is 6.61 Å². The highest BCUT2D eigenvalue weighted by molar-refractivity contribution is 7.86. The molecule has 1 aromatic carbocycles. The normalized spacial score (nSPS) is 45.6. The highest BCUT2D eigenvalue weighted by Gasteiger charge is 2.69. The molecule has 0 aromatic heterocycles. The van der Waals surface area contributed by atoms with Gasteiger partial charge in [-0.2, -0.15) is 8.42 Å². The lowest BCUT2D eigenvalue weighted by Crippen LogP contribution is -2.58. The molecule has 2 aliphatic heterocycles. The summed E-state index contributed by atoms with van der Waals surface area (Å²) in [6.07, 6.45) is 9.53. The summed E-state index contributed by atoms with van der Waals surface area (Å²) >= 11 is 0. The SMILES string of the molecule is CCC(=O)O[C@H]1C[C@H]2[C@@H](CC[C@H]3C[C@@H](OS(=O)(=O)c4ccc(C)cc4)CC[C@@]32C)C2=C[C@@H]3O[C@]4(CC[C@H](C)CO4)[C@@H](C)[C@@H]3[C@]21C. The molecule has 12 atom stereocenters. The molecule has 0 bridgehead atoms. The van der Waals surface area contributed by atoms with Gasteiger partial charge in [0.25, 0.3) is 10.1 Å². The Labute approximate surface area is 269 Å². The highest BCUT2D eigenvalue weighted by atomic mass is 32.2. The quantitative estimate of drug-likeness (QED) is 0.189. The van der Waals surface area contributed by atoms with E-state index in [1.807, 2.05) is 26.0 Å². The van der Waals surface area contributed by atoms with Gasteiger partial charge in [-0.1, -0.05) is 64.0 Å². The summed E-state index contributed by atoms with van der Waals surface area (Å²) in [5, 5.41) is 0. The molecule has 0 radical (unpaired) electrons. The number of carbonyl (C=O) groups excluding carboxylic acids is 1. The third-order valence-corrected chi connectivity index (χ3v) is 14.9. The third kappa shape index (κ3) is 4.98. The van der Waals surface area contributed by atoms with Gasteiger partial charge in [0, 0.05) is 30.1 Å². The average molecular weight is 641 g/mol. The predicted octanol–water partition coefficient (Wildman–Crippen LogP) is 7.37. The molecule has 3 saturated carbocycles. The lowest BCUT2D eigenvalue weighted by molar-refractivity contribution is -0.265. The maximum Gasteiger partial charge on any atom is 0.305 e. The first-order chi connectivity index (χ1) is 21.3. The van der Waals surface area contributed by atoms with Crippen LogP contribution < -0.4 is 0 Å². The van der Waals surface area contributed by atoms with Crippen LogP contribution in [0.3, 0.4) is 0 Å². The molecule has 7 rings (SSSR count). The van der Waals surface area contributed by atoms with Gasteiger partial charge < -0.3 is 14.2 Å². The summed E-state index contributed by atoms with van der Waals surface area (Å²) in [6, 6.07) is 6.90. The Morgan fingerprint density at radius 1 is 1.02 bits per heavy atom. The molecule has 0 amide bonds. The highest BCUT2D eigenvalue weighted by Crippen LogP contribution is 2.70. The molecular weight excluding hydrogens is 588 g/mol. The van der Waals surface area contributed by atoms with Crippen molar-refractivity contribution < 1.29 is 31.6 Å². The summed E-state index contributed by atoms with van der Waals surface area (Å²) in [4.78, 5) is 13.2. The van der Waals surface area contributed by atoms with Crippen molar-refractivity contribution in [2.24, 2.45) is 46.3 Å². The number of fused-ring (bicyclic) bond motifs is 7. The van der Waals surface area contributed by atoms with Gasteiger partial charge in [-0.25, -0.2) is 0 Å². The topological polar surface area (TPSA) is 88.1 Å². The Kier molecular flexibility index (Phi) is 7.90. The first kappa shape index (κ1) is 31.8. The van der Waals surface area contributed by atoms with Crippen molar-refractivity contribution in [3.8, 4) is 0 Å². The molecule has 2 heterocycles. The van der Waals surface area contributed by atoms with Crippen LogP contribution >= 0.6 is 0 Å². The van der Waals surface area contributed by atoms with Gasteiger partial charge in [-0.05, 0) is 93.1 Å². The predicted molar refractivity (Wildman–Crippen MR) is 170 cm³/mol. The Morgan fingerprint density at radius 2 is 1.78 bits per heavy atom. The summed E-state index contributed by atoms with van der Waals surface area (Å²) < 4.78 is 52.1. The van der Waals surface area contributed by atoms with Crippen molar-refractivity contribution in [2.45, 2.75) is 128 Å². The van der Waals surface area contributed by atoms with Crippen LogP contribution in [0, 0.1) is 53.3 Å². The first-order valence-electron chi connectivity index (χ1n) is 17.5. The van der Waals surface area contributed by atoms with E-state index in [2.05, 4.69) is 33.8 Å². The molecule has 4 aliphatic carbocycles. The van der Waals surface area contributed by atoms with Gasteiger partial charge in [-0.3, -0.25) is 8.98 Å². The molecule has 45 heavy (non-hydrogen) atoms. The standard InChI is InChI=1S/C37H52O7S/c1-7-33(38)42-32-20-29-28(30-19-31-34(36(30,32)6)24(4)37(43-31)17-14-23(3)21-41-37)13-10-25-18-26(15-16-35(25,29)5)44-45(39,40)27-11-8-22(2)9-12-27/h8-9,11-12,19,23-26,28-29,31-32,34H,7,10,13-18,20-21H2,1-6H3/t23-,24-,25-,26-,28+,29-,31-,32-,34-,35-,36+,37+/m0/s1. The second-order valence-corrected chi connectivity index (χ2v) is 17.5. The Hall–Kier alpha value is -1.74. The maximum atomic E-state index is 13.2. The third-order valence-electron chi connectivity index (χ3n) is 13.5. The van der Waals surface area contributed by atoms with Crippen molar-refractivity contribution in [3.63, 3.8) is 0 Å². The number of carbonyl (C=O) groups is 1. The van der Waals surface area contributed by atoms with Crippen LogP contribution in [0.2, 0.25) is 0 Å². The summed E-state index contributed by atoms with van der Waals surface area (Å²) in [6.45, 7) is 13.9. The molecule has 5 fully saturated rings. The minimum absolute atomic E-state index is 0.0173. The van der Waals surface area contributed by atoms with Gasteiger partial charge in [0.2, 0.25) is 0 Å². The van der Waals surface area contributed by atoms with Crippen LogP contribution in [-0.2, 0) is 33.3 Å². The number of hydrogen-bond acceptors (Lipinski definition) is 7. The lowest BCUT2D eigenvalue weighted by Gasteiger charge is -2.61. The van der Waals surface area contributed by atoms with E-state index >= 15 is 0 Å². The van der Waals surface area contributed by atoms with Crippen LogP contribution in [0.15, 0.2) is 40.8 Å². The summed E-state index contributed by atoms with van der Waals surface area (Å²) in [5.74, 6) is 1.38. The fourth-order valence-corrected chi connectivity index (χ4v) is 12.0. The maximum absolute atomic E-state index is 13.2. The van der Waals surface area contributed by atoms with Crippen molar-refractivity contribution in [1.82, 2.24) is 0 Å². The van der Waals surface area contributed by atoms with Gasteiger partial charge in [0.15, 0.2) is 5.79 Å². The number of aryl methyl sites for hydroxylation is 1. The van der Waals surface area contributed by atoms with Gasteiger partial charge in [-0.15, -0.1) is 0 Å². The van der Waals surface area contributed by atoms with Gasteiger partial charge in [0.05, 0.1) is 23.7 Å². The Balaban J connectivity index is 1.15. The molecule has 2 saturated heterocycles.